The van der Waals surface area contributed by atoms with Gasteiger partial charge >= 0.3 is 12.1 Å². The zero-order valence-electron chi connectivity index (χ0n) is 19.2. The number of carbonyl (C=O) groups is 3. The Kier molecular flexibility index (Phi) is 6.98. The van der Waals surface area contributed by atoms with Crippen molar-refractivity contribution in [2.75, 3.05) is 27.2 Å². The van der Waals surface area contributed by atoms with Gasteiger partial charge in [-0.25, -0.2) is 4.79 Å². The number of benzene rings is 2. The Morgan fingerprint density at radius 3 is 2.21 bits per heavy atom. The van der Waals surface area contributed by atoms with Crippen molar-refractivity contribution < 1.29 is 24.2 Å². The standard InChI is InChI=1S/C26H29N3O5/c1-29(2)14-23(24(30)27-17-12-11-16(13-17)25(31)32)28-26(33)34-15-22-20-9-5-3-7-18(20)19-8-4-6-10-21(19)22/h3-12,16-17,22-23H,13-15H2,1-2H3,(H,27,30)(H,28,33)(H,31,32). The first kappa shape index (κ1) is 23.5. The number of amides is 2. The number of likely N-dealkylation sites (N-methyl/N-ethyl adjacent to an activating group) is 1. The highest BCUT2D eigenvalue weighted by Gasteiger charge is 2.31. The number of ether oxygens (including phenoxy) is 1. The molecule has 2 amide bonds. The van der Waals surface area contributed by atoms with Gasteiger partial charge in [0.2, 0.25) is 5.91 Å². The van der Waals surface area contributed by atoms with E-state index in [9.17, 15) is 14.4 Å². The summed E-state index contributed by atoms with van der Waals surface area (Å²) in [6.07, 6.45) is 2.87. The Labute approximate surface area is 198 Å². The zero-order valence-corrected chi connectivity index (χ0v) is 19.2. The highest BCUT2D eigenvalue weighted by molar-refractivity contribution is 5.86. The Hall–Kier alpha value is -3.65. The predicted molar refractivity (Wildman–Crippen MR) is 127 cm³/mol. The van der Waals surface area contributed by atoms with Crippen molar-refractivity contribution in [2.45, 2.75) is 24.4 Å². The Balaban J connectivity index is 1.38. The molecule has 8 nitrogen and oxygen atoms in total. The Morgan fingerprint density at radius 2 is 1.65 bits per heavy atom. The lowest BCUT2D eigenvalue weighted by Crippen LogP contribution is -2.53. The first-order valence-electron chi connectivity index (χ1n) is 11.3. The molecule has 0 saturated carbocycles. The van der Waals surface area contributed by atoms with Gasteiger partial charge in [-0.2, -0.15) is 0 Å². The van der Waals surface area contributed by atoms with Gasteiger partial charge in [-0.05, 0) is 42.8 Å². The van der Waals surface area contributed by atoms with Crippen LogP contribution in [0.5, 0.6) is 0 Å². The molecule has 0 aromatic heterocycles. The topological polar surface area (TPSA) is 108 Å². The number of aliphatic carboxylic acids is 1. The summed E-state index contributed by atoms with van der Waals surface area (Å²) in [5, 5.41) is 14.6. The smallest absolute Gasteiger partial charge is 0.407 e. The molecule has 2 aromatic rings. The molecule has 0 spiro atoms. The maximum atomic E-state index is 12.8. The minimum Gasteiger partial charge on any atom is -0.481 e. The number of carbonyl (C=O) groups excluding carboxylic acids is 2. The van der Waals surface area contributed by atoms with E-state index in [4.69, 9.17) is 9.84 Å². The van der Waals surface area contributed by atoms with Crippen molar-refractivity contribution in [2.24, 2.45) is 5.92 Å². The normalized spacial score (nSPS) is 19.4. The molecule has 4 rings (SSSR count). The third-order valence-electron chi connectivity index (χ3n) is 6.23. The van der Waals surface area contributed by atoms with Crippen LogP contribution in [0.15, 0.2) is 60.7 Å². The summed E-state index contributed by atoms with van der Waals surface area (Å²) in [6, 6.07) is 14.9. The van der Waals surface area contributed by atoms with E-state index in [1.807, 2.05) is 36.4 Å². The number of carboxylic acid groups (broad SMARTS) is 1. The number of alkyl carbamates (subject to hydrolysis) is 1. The van der Waals surface area contributed by atoms with Crippen molar-refractivity contribution in [3.8, 4) is 11.1 Å². The lowest BCUT2D eigenvalue weighted by molar-refractivity contribution is -0.140. The molecule has 0 radical (unpaired) electrons. The lowest BCUT2D eigenvalue weighted by Gasteiger charge is -2.23. The maximum Gasteiger partial charge on any atom is 0.407 e. The van der Waals surface area contributed by atoms with Gasteiger partial charge in [-0.3, -0.25) is 9.59 Å². The first-order chi connectivity index (χ1) is 16.3. The third-order valence-corrected chi connectivity index (χ3v) is 6.23. The summed E-state index contributed by atoms with van der Waals surface area (Å²) in [6.45, 7) is 0.427. The molecule has 178 valence electrons. The fourth-order valence-corrected chi connectivity index (χ4v) is 4.61. The average Bonchev–Trinajstić information content (AvgIpc) is 3.40. The summed E-state index contributed by atoms with van der Waals surface area (Å²) >= 11 is 0. The van der Waals surface area contributed by atoms with Crippen LogP contribution in [0.2, 0.25) is 0 Å². The van der Waals surface area contributed by atoms with Gasteiger partial charge in [-0.15, -0.1) is 0 Å². The highest BCUT2D eigenvalue weighted by atomic mass is 16.5. The first-order valence-corrected chi connectivity index (χ1v) is 11.3. The van der Waals surface area contributed by atoms with Crippen molar-refractivity contribution in [1.82, 2.24) is 15.5 Å². The van der Waals surface area contributed by atoms with Crippen LogP contribution in [-0.4, -0.2) is 67.3 Å². The minimum absolute atomic E-state index is 0.0733. The lowest BCUT2D eigenvalue weighted by atomic mass is 9.98. The van der Waals surface area contributed by atoms with Gasteiger partial charge < -0.3 is 25.4 Å². The molecule has 0 aliphatic heterocycles. The monoisotopic (exact) mass is 463 g/mol. The van der Waals surface area contributed by atoms with Gasteiger partial charge in [0.15, 0.2) is 0 Å². The van der Waals surface area contributed by atoms with Crippen molar-refractivity contribution in [3.63, 3.8) is 0 Å². The second-order valence-corrected chi connectivity index (χ2v) is 8.97. The SMILES string of the molecule is CN(C)CC(NC(=O)OCC1c2ccccc2-c2ccccc21)C(=O)NC1C=CC(C(=O)O)C1. The van der Waals surface area contributed by atoms with E-state index in [-0.39, 0.29) is 31.0 Å². The second kappa shape index (κ2) is 10.1. The van der Waals surface area contributed by atoms with Crippen molar-refractivity contribution in [3.05, 3.63) is 71.8 Å². The predicted octanol–water partition coefficient (Wildman–Crippen LogP) is 2.60. The Morgan fingerprint density at radius 1 is 1.03 bits per heavy atom. The van der Waals surface area contributed by atoms with Gasteiger partial charge in [0.1, 0.15) is 12.6 Å². The van der Waals surface area contributed by atoms with E-state index in [1.54, 1.807) is 31.1 Å². The molecule has 2 aromatic carbocycles. The summed E-state index contributed by atoms with van der Waals surface area (Å²) in [7, 11) is 3.60. The molecule has 2 aliphatic carbocycles. The van der Waals surface area contributed by atoms with E-state index in [0.29, 0.717) is 6.42 Å². The number of nitrogens with one attached hydrogen (secondary N) is 2. The largest absolute Gasteiger partial charge is 0.481 e. The summed E-state index contributed by atoms with van der Waals surface area (Å²) in [5.41, 5.74) is 4.50. The highest BCUT2D eigenvalue weighted by Crippen LogP contribution is 2.44. The van der Waals surface area contributed by atoms with Crippen LogP contribution in [0.4, 0.5) is 4.79 Å². The van der Waals surface area contributed by atoms with Crippen LogP contribution in [0.3, 0.4) is 0 Å². The number of hydrogen-bond acceptors (Lipinski definition) is 5. The molecule has 3 unspecified atom stereocenters. The molecule has 3 N–H and O–H groups in total. The fraction of sp³-hybridized carbons (Fsp3) is 0.346. The number of nitrogens with zero attached hydrogens (tertiary/aromatic N) is 1. The number of rotatable bonds is 8. The van der Waals surface area contributed by atoms with Crippen LogP contribution in [-0.2, 0) is 14.3 Å². The molecule has 2 aliphatic rings. The van der Waals surface area contributed by atoms with E-state index in [0.717, 1.165) is 22.3 Å². The van der Waals surface area contributed by atoms with Crippen molar-refractivity contribution in [1.29, 1.82) is 0 Å². The molecular weight excluding hydrogens is 434 g/mol. The van der Waals surface area contributed by atoms with Crippen molar-refractivity contribution >= 4 is 18.0 Å². The van der Waals surface area contributed by atoms with Crippen LogP contribution >= 0.6 is 0 Å². The average molecular weight is 464 g/mol. The van der Waals surface area contributed by atoms with Crippen LogP contribution in [0.1, 0.15) is 23.5 Å². The summed E-state index contributed by atoms with van der Waals surface area (Å²) in [5.74, 6) is -2.00. The molecule has 0 saturated heterocycles. The minimum atomic E-state index is -0.922. The second-order valence-electron chi connectivity index (χ2n) is 8.97. The molecule has 8 heteroatoms. The zero-order chi connectivity index (χ0) is 24.2. The number of fused-ring (bicyclic) bond motifs is 3. The van der Waals surface area contributed by atoms with Crippen LogP contribution in [0, 0.1) is 5.92 Å². The maximum absolute atomic E-state index is 12.8. The van der Waals surface area contributed by atoms with E-state index >= 15 is 0 Å². The molecule has 0 heterocycles. The number of carboxylic acids is 1. The third kappa shape index (κ3) is 5.12. The van der Waals surface area contributed by atoms with Crippen LogP contribution in [0.25, 0.3) is 11.1 Å². The van der Waals surface area contributed by atoms with Gasteiger partial charge in [0.25, 0.3) is 0 Å². The Bertz CT molecular complexity index is 1070. The molecule has 0 bridgehead atoms. The van der Waals surface area contributed by atoms with E-state index in [1.165, 1.54) is 0 Å². The van der Waals surface area contributed by atoms with E-state index in [2.05, 4.69) is 22.8 Å². The number of hydrogen-bond donors (Lipinski definition) is 3. The van der Waals surface area contributed by atoms with Gasteiger partial charge in [0.05, 0.1) is 5.92 Å². The summed E-state index contributed by atoms with van der Waals surface area (Å²) in [4.78, 5) is 38.5. The molecular formula is C26H29N3O5. The molecule has 34 heavy (non-hydrogen) atoms. The molecule has 3 atom stereocenters. The van der Waals surface area contributed by atoms with Gasteiger partial charge in [-0.1, -0.05) is 60.7 Å². The quantitative estimate of drug-likeness (QED) is 0.520. The van der Waals surface area contributed by atoms with Gasteiger partial charge in [0, 0.05) is 18.5 Å². The molecule has 0 fully saturated rings. The fourth-order valence-electron chi connectivity index (χ4n) is 4.61. The van der Waals surface area contributed by atoms with E-state index < -0.39 is 24.0 Å². The van der Waals surface area contributed by atoms with Crippen LogP contribution < -0.4 is 10.6 Å². The summed E-state index contributed by atoms with van der Waals surface area (Å²) < 4.78 is 5.58.